The molecular formula is C24H21N5O. The van der Waals surface area contributed by atoms with Gasteiger partial charge in [0.25, 0.3) is 5.91 Å². The lowest BCUT2D eigenvalue weighted by atomic mass is 10.1. The van der Waals surface area contributed by atoms with Crippen LogP contribution in [-0.2, 0) is 6.54 Å². The van der Waals surface area contributed by atoms with Crippen LogP contribution in [0.2, 0.25) is 0 Å². The maximum absolute atomic E-state index is 13.2. The zero-order valence-electron chi connectivity index (χ0n) is 16.7. The van der Waals surface area contributed by atoms with Crippen LogP contribution in [0.15, 0.2) is 73.1 Å². The Bertz CT molecular complexity index is 1210. The van der Waals surface area contributed by atoms with E-state index in [1.54, 1.807) is 17.3 Å². The summed E-state index contributed by atoms with van der Waals surface area (Å²) in [5, 5.41) is 9.00. The van der Waals surface area contributed by atoms with Crippen LogP contribution in [0.5, 0.6) is 0 Å². The van der Waals surface area contributed by atoms with Crippen LogP contribution in [0, 0.1) is 18.3 Å². The SMILES string of the molecule is Cc1nc2cc(C(=O)N(CCC#N)Cc3cccnc3)ccc2n1-c1ccccc1. The van der Waals surface area contributed by atoms with Gasteiger partial charge in [0.1, 0.15) is 5.82 Å². The fourth-order valence-corrected chi connectivity index (χ4v) is 3.57. The molecule has 148 valence electrons. The van der Waals surface area contributed by atoms with Gasteiger partial charge in [-0.15, -0.1) is 0 Å². The number of amides is 1. The Morgan fingerprint density at radius 2 is 1.97 bits per heavy atom. The minimum absolute atomic E-state index is 0.122. The van der Waals surface area contributed by atoms with E-state index in [2.05, 4.69) is 20.6 Å². The number of rotatable bonds is 6. The number of fused-ring (bicyclic) bond motifs is 1. The van der Waals surface area contributed by atoms with E-state index in [0.29, 0.717) is 18.7 Å². The van der Waals surface area contributed by atoms with E-state index in [0.717, 1.165) is 28.1 Å². The van der Waals surface area contributed by atoms with Crippen LogP contribution >= 0.6 is 0 Å². The van der Waals surface area contributed by atoms with Crippen molar-refractivity contribution in [1.82, 2.24) is 19.4 Å². The highest BCUT2D eigenvalue weighted by Crippen LogP contribution is 2.23. The van der Waals surface area contributed by atoms with Crippen LogP contribution in [0.1, 0.15) is 28.2 Å². The molecule has 6 nitrogen and oxygen atoms in total. The fourth-order valence-electron chi connectivity index (χ4n) is 3.57. The number of hydrogen-bond donors (Lipinski definition) is 0. The van der Waals surface area contributed by atoms with Gasteiger partial charge in [-0.3, -0.25) is 14.3 Å². The van der Waals surface area contributed by atoms with Crippen molar-refractivity contribution in [3.8, 4) is 11.8 Å². The van der Waals surface area contributed by atoms with Crippen molar-refractivity contribution in [1.29, 1.82) is 5.26 Å². The normalized spacial score (nSPS) is 10.7. The molecule has 0 bridgehead atoms. The third-order valence-electron chi connectivity index (χ3n) is 4.96. The first-order valence-electron chi connectivity index (χ1n) is 9.77. The molecule has 0 aliphatic carbocycles. The van der Waals surface area contributed by atoms with Gasteiger partial charge >= 0.3 is 0 Å². The summed E-state index contributed by atoms with van der Waals surface area (Å²) in [6, 6.07) is 21.5. The van der Waals surface area contributed by atoms with Gasteiger partial charge in [0.05, 0.1) is 23.5 Å². The number of hydrogen-bond acceptors (Lipinski definition) is 4. The van der Waals surface area contributed by atoms with E-state index in [-0.39, 0.29) is 12.3 Å². The second kappa shape index (κ2) is 8.58. The molecule has 2 heterocycles. The zero-order valence-corrected chi connectivity index (χ0v) is 16.7. The molecule has 0 aliphatic rings. The first kappa shape index (κ1) is 19.3. The van der Waals surface area contributed by atoms with Crippen molar-refractivity contribution >= 4 is 16.9 Å². The lowest BCUT2D eigenvalue weighted by Gasteiger charge is -2.21. The summed E-state index contributed by atoms with van der Waals surface area (Å²) < 4.78 is 2.08. The van der Waals surface area contributed by atoms with Gasteiger partial charge < -0.3 is 4.90 Å². The first-order chi connectivity index (χ1) is 14.7. The molecule has 0 atom stereocenters. The van der Waals surface area contributed by atoms with Gasteiger partial charge in [-0.1, -0.05) is 24.3 Å². The van der Waals surface area contributed by atoms with Gasteiger partial charge in [-0.2, -0.15) is 5.26 Å². The van der Waals surface area contributed by atoms with E-state index in [1.807, 2.05) is 67.6 Å². The van der Waals surface area contributed by atoms with E-state index >= 15 is 0 Å². The molecule has 0 aliphatic heterocycles. The van der Waals surface area contributed by atoms with Crippen molar-refractivity contribution in [2.24, 2.45) is 0 Å². The van der Waals surface area contributed by atoms with Gasteiger partial charge in [0.15, 0.2) is 0 Å². The fraction of sp³-hybridized carbons (Fsp3) is 0.167. The molecule has 0 saturated heterocycles. The minimum atomic E-state index is -0.122. The number of aromatic nitrogens is 3. The van der Waals surface area contributed by atoms with Crippen LogP contribution < -0.4 is 0 Å². The molecule has 4 aromatic rings. The molecule has 0 spiro atoms. The molecule has 2 aromatic carbocycles. The van der Waals surface area contributed by atoms with E-state index in [1.165, 1.54) is 0 Å². The standard InChI is InChI=1S/C24H21N5O/c1-18-27-22-15-20(10-11-23(22)29(18)21-8-3-2-4-9-21)24(30)28(14-6-12-25)17-19-7-5-13-26-16-19/h2-5,7-11,13,15-16H,6,14,17H2,1H3. The average Bonchev–Trinajstić information content (AvgIpc) is 3.12. The number of nitriles is 1. The highest BCUT2D eigenvalue weighted by atomic mass is 16.2. The van der Waals surface area contributed by atoms with Crippen LogP contribution in [0.4, 0.5) is 0 Å². The monoisotopic (exact) mass is 395 g/mol. The van der Waals surface area contributed by atoms with Crippen molar-refractivity contribution < 1.29 is 4.79 Å². The summed E-state index contributed by atoms with van der Waals surface area (Å²) in [7, 11) is 0. The molecule has 0 saturated carbocycles. The topological polar surface area (TPSA) is 74.8 Å². The first-order valence-corrected chi connectivity index (χ1v) is 9.77. The number of pyridine rings is 1. The number of carbonyl (C=O) groups is 1. The van der Waals surface area contributed by atoms with Gasteiger partial charge in [0.2, 0.25) is 0 Å². The Hall–Kier alpha value is -3.98. The molecule has 2 aromatic heterocycles. The molecule has 0 fully saturated rings. The Kier molecular flexibility index (Phi) is 5.53. The highest BCUT2D eigenvalue weighted by molar-refractivity contribution is 5.97. The molecule has 0 radical (unpaired) electrons. The maximum Gasteiger partial charge on any atom is 0.254 e. The molecular weight excluding hydrogens is 374 g/mol. The summed E-state index contributed by atoms with van der Waals surface area (Å²) in [4.78, 5) is 23.7. The van der Waals surface area contributed by atoms with Gasteiger partial charge in [0, 0.05) is 36.7 Å². The lowest BCUT2D eigenvalue weighted by Crippen LogP contribution is -2.31. The Labute approximate surface area is 175 Å². The van der Waals surface area contributed by atoms with Crippen LogP contribution in [0.25, 0.3) is 16.7 Å². The number of imidazole rings is 1. The number of aryl methyl sites for hydroxylation is 1. The van der Waals surface area contributed by atoms with Crippen molar-refractivity contribution in [3.63, 3.8) is 0 Å². The predicted molar refractivity (Wildman–Crippen MR) is 115 cm³/mol. The Morgan fingerprint density at radius 3 is 2.70 bits per heavy atom. The van der Waals surface area contributed by atoms with Crippen molar-refractivity contribution in [2.75, 3.05) is 6.54 Å². The number of carbonyl (C=O) groups excluding carboxylic acids is 1. The molecule has 0 unspecified atom stereocenters. The number of nitrogens with zero attached hydrogens (tertiary/aromatic N) is 5. The molecule has 30 heavy (non-hydrogen) atoms. The summed E-state index contributed by atoms with van der Waals surface area (Å²) in [5.41, 5.74) is 4.23. The number of benzene rings is 2. The summed E-state index contributed by atoms with van der Waals surface area (Å²) in [6.45, 7) is 2.72. The molecule has 6 heteroatoms. The quantitative estimate of drug-likeness (QED) is 0.488. The Balaban J connectivity index is 1.67. The van der Waals surface area contributed by atoms with Gasteiger partial charge in [-0.25, -0.2) is 4.98 Å². The smallest absolute Gasteiger partial charge is 0.254 e. The van der Waals surface area contributed by atoms with Crippen LogP contribution in [-0.4, -0.2) is 31.9 Å². The zero-order chi connectivity index (χ0) is 20.9. The second-order valence-corrected chi connectivity index (χ2v) is 7.03. The number of para-hydroxylation sites is 1. The van der Waals surface area contributed by atoms with Crippen LogP contribution in [0.3, 0.4) is 0 Å². The third kappa shape index (κ3) is 3.91. The van der Waals surface area contributed by atoms with E-state index in [9.17, 15) is 4.79 Å². The second-order valence-electron chi connectivity index (χ2n) is 7.03. The van der Waals surface area contributed by atoms with Crippen molar-refractivity contribution in [2.45, 2.75) is 19.9 Å². The van der Waals surface area contributed by atoms with Crippen molar-refractivity contribution in [3.05, 3.63) is 90.0 Å². The van der Waals surface area contributed by atoms with E-state index < -0.39 is 0 Å². The molecule has 4 rings (SSSR count). The summed E-state index contributed by atoms with van der Waals surface area (Å²) in [6.07, 6.45) is 3.71. The minimum Gasteiger partial charge on any atom is -0.333 e. The Morgan fingerprint density at radius 1 is 1.13 bits per heavy atom. The maximum atomic E-state index is 13.2. The van der Waals surface area contributed by atoms with E-state index in [4.69, 9.17) is 5.26 Å². The average molecular weight is 395 g/mol. The summed E-state index contributed by atoms with van der Waals surface area (Å²) in [5.74, 6) is 0.736. The van der Waals surface area contributed by atoms with Gasteiger partial charge in [-0.05, 0) is 48.9 Å². The predicted octanol–water partition coefficient (Wildman–Crippen LogP) is 4.29. The molecule has 1 amide bonds. The third-order valence-corrected chi connectivity index (χ3v) is 4.96. The lowest BCUT2D eigenvalue weighted by molar-refractivity contribution is 0.0747. The molecule has 0 N–H and O–H groups in total. The summed E-state index contributed by atoms with van der Waals surface area (Å²) >= 11 is 0. The largest absolute Gasteiger partial charge is 0.333 e. The highest BCUT2D eigenvalue weighted by Gasteiger charge is 2.18.